The Balaban J connectivity index is 2.20. The van der Waals surface area contributed by atoms with E-state index in [1.165, 1.54) is 0 Å². The smallest absolute Gasteiger partial charge is 0.350 e. The van der Waals surface area contributed by atoms with Gasteiger partial charge in [0.2, 0.25) is 0 Å². The molecule has 118 valence electrons. The molecular formula is C14H14N4O4P+. The summed E-state index contributed by atoms with van der Waals surface area (Å²) in [5, 5.41) is 0.353. The van der Waals surface area contributed by atoms with Crippen LogP contribution in [0, 0.1) is 0 Å². The van der Waals surface area contributed by atoms with Crippen LogP contribution in [0.25, 0.3) is 11.1 Å². The molecule has 9 heteroatoms. The maximum Gasteiger partial charge on any atom is 0.475 e. The zero-order valence-electron chi connectivity index (χ0n) is 11.8. The van der Waals surface area contributed by atoms with Gasteiger partial charge in [0.05, 0.1) is 0 Å². The number of urea groups is 2. The average molecular weight is 333 g/mol. The fourth-order valence-corrected chi connectivity index (χ4v) is 4.54. The number of fused-ring (bicyclic) bond motifs is 3. The number of rotatable bonds is 1. The van der Waals surface area contributed by atoms with Crippen LogP contribution >= 0.6 is 7.87 Å². The van der Waals surface area contributed by atoms with E-state index >= 15 is 0 Å². The fraction of sp³-hybridized carbons (Fsp3) is 0. The number of primary amides is 2. The lowest BCUT2D eigenvalue weighted by Crippen LogP contribution is -2.53. The third-order valence-electron chi connectivity index (χ3n) is 3.32. The van der Waals surface area contributed by atoms with Crippen LogP contribution in [-0.4, -0.2) is 21.7 Å². The zero-order valence-corrected chi connectivity index (χ0v) is 12.7. The number of nitrogens with one attached hydrogen (secondary N) is 1. The van der Waals surface area contributed by atoms with Crippen LogP contribution in [0.15, 0.2) is 48.5 Å². The summed E-state index contributed by atoms with van der Waals surface area (Å²) in [4.78, 5) is 34.0. The molecule has 2 aromatic rings. The number of hydrogen-bond donors (Lipinski definition) is 4. The third-order valence-corrected chi connectivity index (χ3v) is 5.62. The van der Waals surface area contributed by atoms with Crippen LogP contribution in [0.3, 0.4) is 0 Å². The molecule has 1 atom stereocenters. The zero-order chi connectivity index (χ0) is 16.6. The lowest BCUT2D eigenvalue weighted by Gasteiger charge is -2.31. The van der Waals surface area contributed by atoms with Crippen molar-refractivity contribution in [2.45, 2.75) is 0 Å². The SMILES string of the molecule is NC(=O)NN(C(N)=O)[P+]1(O)Oc2ccccc2-c2ccccc21. The van der Waals surface area contributed by atoms with E-state index in [0.29, 0.717) is 21.4 Å². The average Bonchev–Trinajstić information content (AvgIpc) is 2.52. The number of amides is 4. The van der Waals surface area contributed by atoms with Gasteiger partial charge >= 0.3 is 19.9 Å². The summed E-state index contributed by atoms with van der Waals surface area (Å²) in [6.07, 6.45) is 0. The summed E-state index contributed by atoms with van der Waals surface area (Å²) in [6, 6.07) is 11.8. The first-order valence-electron chi connectivity index (χ1n) is 6.60. The van der Waals surface area contributed by atoms with Gasteiger partial charge in [0.1, 0.15) is 0 Å². The Hall–Kier alpha value is -2.83. The highest BCUT2D eigenvalue weighted by atomic mass is 31.2. The molecule has 0 saturated heterocycles. The van der Waals surface area contributed by atoms with E-state index in [4.69, 9.17) is 16.0 Å². The molecule has 0 aliphatic carbocycles. The summed E-state index contributed by atoms with van der Waals surface area (Å²) < 4.78 is 6.25. The van der Waals surface area contributed by atoms with Crippen LogP contribution in [0.5, 0.6) is 5.75 Å². The third kappa shape index (κ3) is 2.44. The molecule has 0 radical (unpaired) electrons. The normalized spacial score (nSPS) is 18.1. The Kier molecular flexibility index (Phi) is 3.55. The van der Waals surface area contributed by atoms with E-state index in [9.17, 15) is 14.5 Å². The van der Waals surface area contributed by atoms with Crippen molar-refractivity contribution < 1.29 is 19.0 Å². The Morgan fingerprint density at radius 1 is 1.04 bits per heavy atom. The second-order valence-corrected chi connectivity index (χ2v) is 6.93. The minimum absolute atomic E-state index is 0.353. The first kappa shape index (κ1) is 15.1. The van der Waals surface area contributed by atoms with E-state index in [1.54, 1.807) is 36.4 Å². The second-order valence-electron chi connectivity index (χ2n) is 4.77. The minimum Gasteiger partial charge on any atom is -0.350 e. The molecule has 23 heavy (non-hydrogen) atoms. The topological polar surface area (TPSA) is 131 Å². The highest BCUT2D eigenvalue weighted by Gasteiger charge is 2.58. The van der Waals surface area contributed by atoms with Crippen molar-refractivity contribution in [1.82, 2.24) is 10.2 Å². The van der Waals surface area contributed by atoms with Gasteiger partial charge in [0.25, 0.3) is 0 Å². The molecular weight excluding hydrogens is 319 g/mol. The van der Waals surface area contributed by atoms with Crippen molar-refractivity contribution in [3.05, 3.63) is 48.5 Å². The minimum atomic E-state index is -3.76. The summed E-state index contributed by atoms with van der Waals surface area (Å²) in [5.41, 5.74) is 13.8. The fourth-order valence-electron chi connectivity index (χ4n) is 2.42. The molecule has 0 fully saturated rings. The molecule has 0 spiro atoms. The van der Waals surface area contributed by atoms with E-state index in [0.717, 1.165) is 5.56 Å². The Labute approximate surface area is 132 Å². The number of nitrogens with two attached hydrogens (primary N) is 2. The van der Waals surface area contributed by atoms with Crippen molar-refractivity contribution in [1.29, 1.82) is 0 Å². The Morgan fingerprint density at radius 2 is 1.65 bits per heavy atom. The molecule has 0 bridgehead atoms. The molecule has 1 unspecified atom stereocenters. The van der Waals surface area contributed by atoms with Gasteiger partial charge in [-0.25, -0.2) is 15.0 Å². The number of carbonyl (C=O) groups excluding carboxylic acids is 2. The first-order valence-corrected chi connectivity index (χ1v) is 8.21. The van der Waals surface area contributed by atoms with Gasteiger partial charge in [0.15, 0.2) is 11.1 Å². The lowest BCUT2D eigenvalue weighted by atomic mass is 10.0. The molecule has 8 nitrogen and oxygen atoms in total. The molecule has 1 heterocycles. The molecule has 0 aromatic heterocycles. The van der Waals surface area contributed by atoms with E-state index in [-0.39, 0.29) is 0 Å². The van der Waals surface area contributed by atoms with Gasteiger partial charge in [-0.15, -0.1) is 0 Å². The predicted molar refractivity (Wildman–Crippen MR) is 85.4 cm³/mol. The predicted octanol–water partition coefficient (Wildman–Crippen LogP) is 1.09. The molecule has 1 aliphatic rings. The first-order chi connectivity index (χ1) is 10.9. The van der Waals surface area contributed by atoms with Crippen LogP contribution in [0.2, 0.25) is 0 Å². The summed E-state index contributed by atoms with van der Waals surface area (Å²) in [7, 11) is -3.76. The molecule has 0 saturated carbocycles. The number of nitrogens with zero attached hydrogens (tertiary/aromatic N) is 1. The van der Waals surface area contributed by atoms with Gasteiger partial charge in [-0.2, -0.15) is 4.89 Å². The van der Waals surface area contributed by atoms with Crippen LogP contribution in [0.4, 0.5) is 9.59 Å². The largest absolute Gasteiger partial charge is 0.475 e. The van der Waals surface area contributed by atoms with Gasteiger partial charge < -0.3 is 11.5 Å². The highest BCUT2D eigenvalue weighted by Crippen LogP contribution is 2.62. The number of carbonyl (C=O) groups is 2. The number of hydrazine groups is 1. The summed E-state index contributed by atoms with van der Waals surface area (Å²) in [5.74, 6) is 0.375. The van der Waals surface area contributed by atoms with Crippen molar-refractivity contribution in [2.75, 3.05) is 0 Å². The monoisotopic (exact) mass is 333 g/mol. The summed E-state index contributed by atoms with van der Waals surface area (Å²) in [6.45, 7) is 0. The van der Waals surface area contributed by atoms with Crippen LogP contribution in [-0.2, 0) is 0 Å². The number of para-hydroxylation sites is 1. The standard InChI is InChI=1S/C14H13N4O4P/c15-13(19)17-18(14(16)20)23(21)12-8-4-2-6-10(12)9-5-1-3-7-11(9)22-23/h1-8,21H,(H4-,15,16,17,19,20)/p+1. The number of benzene rings is 2. The van der Waals surface area contributed by atoms with Gasteiger partial charge in [-0.1, -0.05) is 30.3 Å². The molecule has 1 aliphatic heterocycles. The van der Waals surface area contributed by atoms with Gasteiger partial charge in [-0.05, 0) is 23.0 Å². The van der Waals surface area contributed by atoms with Crippen molar-refractivity contribution in [3.8, 4) is 16.9 Å². The molecule has 3 rings (SSSR count). The van der Waals surface area contributed by atoms with Crippen molar-refractivity contribution in [3.63, 3.8) is 0 Å². The maximum absolute atomic E-state index is 11.7. The number of hydrogen-bond acceptors (Lipinski definition) is 4. The lowest BCUT2D eigenvalue weighted by molar-refractivity contribution is 0.201. The van der Waals surface area contributed by atoms with Gasteiger partial charge in [-0.3, -0.25) is 4.52 Å². The molecule has 6 N–H and O–H groups in total. The maximum atomic E-state index is 11.7. The molecule has 2 aromatic carbocycles. The second kappa shape index (κ2) is 5.42. The van der Waals surface area contributed by atoms with E-state index < -0.39 is 19.9 Å². The van der Waals surface area contributed by atoms with Gasteiger partial charge in [0, 0.05) is 11.1 Å². The Morgan fingerprint density at radius 3 is 2.30 bits per heavy atom. The quantitative estimate of drug-likeness (QED) is 0.459. The Bertz CT molecular complexity index is 800. The van der Waals surface area contributed by atoms with E-state index in [1.807, 2.05) is 17.6 Å². The highest BCUT2D eigenvalue weighted by molar-refractivity contribution is 7.72. The van der Waals surface area contributed by atoms with Crippen molar-refractivity contribution in [2.24, 2.45) is 11.5 Å². The van der Waals surface area contributed by atoms with Crippen LogP contribution < -0.4 is 26.7 Å². The van der Waals surface area contributed by atoms with Crippen LogP contribution in [0.1, 0.15) is 0 Å². The summed E-state index contributed by atoms with van der Waals surface area (Å²) >= 11 is 0. The molecule has 4 amide bonds. The van der Waals surface area contributed by atoms with Crippen molar-refractivity contribution >= 4 is 25.2 Å². The van der Waals surface area contributed by atoms with E-state index in [2.05, 4.69) is 0 Å².